The van der Waals surface area contributed by atoms with Gasteiger partial charge in [0.05, 0.1) is 0 Å². The van der Waals surface area contributed by atoms with E-state index in [-0.39, 0.29) is 12.4 Å². The maximum atomic E-state index is 9.80. The van der Waals surface area contributed by atoms with Crippen LogP contribution in [0.25, 0.3) is 0 Å². The van der Waals surface area contributed by atoms with Crippen LogP contribution < -0.4 is 0 Å². The fourth-order valence-corrected chi connectivity index (χ4v) is 1.89. The average Bonchev–Trinajstić information content (AvgIpc) is 1.89. The molecule has 0 aromatic rings. The summed E-state index contributed by atoms with van der Waals surface area (Å²) in [7, 11) is 0. The smallest absolute Gasteiger partial charge is 0.147 e. The minimum Gasteiger partial charge on any atom is -0.147 e. The Morgan fingerprint density at radius 3 is 2.80 bits per heavy atom. The second-order valence-corrected chi connectivity index (χ2v) is 4.85. The first-order valence-corrected chi connectivity index (χ1v) is 6.74. The number of hydrogen-bond acceptors (Lipinski definition) is 2. The summed E-state index contributed by atoms with van der Waals surface area (Å²) >= 11 is -0.849. The maximum Gasteiger partial charge on any atom is -0.147 e. The summed E-state index contributed by atoms with van der Waals surface area (Å²) in [5, 5.41) is 0.719. The molecule has 0 rings (SSSR count). The number of carbonyl (C=O) groups is 1. The third-order valence-corrected chi connectivity index (χ3v) is 3.22. The first-order valence-electron chi connectivity index (χ1n) is 3.43. The fraction of sp³-hybridized carbons (Fsp3) is 0.833. The van der Waals surface area contributed by atoms with E-state index in [1.165, 1.54) is 6.42 Å². The van der Waals surface area contributed by atoms with E-state index in [9.17, 15) is 4.79 Å². The number of rotatable bonds is 6. The van der Waals surface area contributed by atoms with E-state index in [4.69, 9.17) is 3.56 Å². The summed E-state index contributed by atoms with van der Waals surface area (Å²) in [6.45, 7) is 3.01. The van der Waals surface area contributed by atoms with Crippen LogP contribution in [0.3, 0.4) is 0 Å². The molecule has 0 aromatic heterocycles. The quantitative estimate of drug-likeness (QED) is 0.386. The minimum absolute atomic E-state index is 0. The van der Waals surface area contributed by atoms with Gasteiger partial charge in [-0.05, 0) is 0 Å². The maximum absolute atomic E-state index is 9.80. The molecule has 0 saturated carbocycles. The van der Waals surface area contributed by atoms with E-state index in [0.29, 0.717) is 0 Å². The zero-order chi connectivity index (χ0) is 6.95. The molecule has 0 amide bonds. The Kier molecular flexibility index (Phi) is 16.1. The predicted octanol–water partition coefficient (Wildman–Crippen LogP) is 1.84. The van der Waals surface area contributed by atoms with E-state index in [1.54, 1.807) is 0 Å². The summed E-state index contributed by atoms with van der Waals surface area (Å²) in [4.78, 5) is 9.80. The Hall–Kier alpha value is 0.543. The summed E-state index contributed by atoms with van der Waals surface area (Å²) in [6, 6.07) is 0. The van der Waals surface area contributed by atoms with Crippen molar-refractivity contribution in [3.8, 4) is 0 Å². The van der Waals surface area contributed by atoms with Gasteiger partial charge in [0.25, 0.3) is 0 Å². The molecule has 58 valence electrons. The van der Waals surface area contributed by atoms with Gasteiger partial charge in [0.1, 0.15) is 0 Å². The van der Waals surface area contributed by atoms with Crippen molar-refractivity contribution in [3.05, 3.63) is 0 Å². The van der Waals surface area contributed by atoms with Gasteiger partial charge in [0.15, 0.2) is 0 Å². The first kappa shape index (κ1) is 13.2. The van der Waals surface area contributed by atoms with Crippen molar-refractivity contribution in [1.29, 1.82) is 0 Å². The molecule has 0 aliphatic heterocycles. The zero-order valence-electron chi connectivity index (χ0n) is 6.34. The van der Waals surface area contributed by atoms with Crippen molar-refractivity contribution >= 4 is 18.7 Å². The second-order valence-electron chi connectivity index (χ2n) is 1.92. The van der Waals surface area contributed by atoms with E-state index in [1.807, 2.05) is 0 Å². The molecule has 0 atom stereocenters. The van der Waals surface area contributed by atoms with Crippen molar-refractivity contribution in [2.45, 2.75) is 24.8 Å². The molecule has 10 heavy (non-hydrogen) atoms. The zero-order valence-corrected chi connectivity index (χ0v) is 10.1. The van der Waals surface area contributed by atoms with Crippen molar-refractivity contribution in [3.63, 3.8) is 0 Å². The van der Waals surface area contributed by atoms with Gasteiger partial charge in [-0.25, -0.2) is 0 Å². The van der Waals surface area contributed by atoms with Gasteiger partial charge in [0.2, 0.25) is 0 Å². The van der Waals surface area contributed by atoms with Crippen LogP contribution in [-0.2, 0) is 25.8 Å². The fourth-order valence-electron chi connectivity index (χ4n) is 0.480. The number of aldehydes is 1. The van der Waals surface area contributed by atoms with Crippen LogP contribution in [-0.4, -0.2) is 12.9 Å². The standard InChI is InChI=1S/C4H9O.C2H3O.ClH.Zn/c1-2-3-4-5;1-2-3;;/h2-4H2,1H3;2H,1H2;1H;/q-1;;;+1. The minimum atomic E-state index is -0.849. The van der Waals surface area contributed by atoms with Crippen LogP contribution >= 0.6 is 12.4 Å². The van der Waals surface area contributed by atoms with Crippen LogP contribution in [0.2, 0.25) is 5.02 Å². The van der Waals surface area contributed by atoms with Crippen LogP contribution in [0.1, 0.15) is 19.8 Å². The van der Waals surface area contributed by atoms with E-state index in [0.717, 1.165) is 24.3 Å². The molecule has 0 saturated heterocycles. The van der Waals surface area contributed by atoms with Crippen molar-refractivity contribution < 1.29 is 25.8 Å². The summed E-state index contributed by atoms with van der Waals surface area (Å²) in [5.74, 6) is 0. The van der Waals surface area contributed by atoms with Crippen molar-refractivity contribution in [2.75, 3.05) is 6.61 Å². The van der Waals surface area contributed by atoms with Gasteiger partial charge in [-0.1, -0.05) is 0 Å². The molecule has 2 nitrogen and oxygen atoms in total. The molecular formula is C6H13ClO2Zn. The third kappa shape index (κ3) is 11.4. The molecule has 0 radical (unpaired) electrons. The van der Waals surface area contributed by atoms with E-state index < -0.39 is 17.5 Å². The Balaban J connectivity index is 0. The Morgan fingerprint density at radius 2 is 2.30 bits per heavy atom. The molecule has 0 aromatic carbocycles. The second kappa shape index (κ2) is 12.2. The van der Waals surface area contributed by atoms with Gasteiger partial charge in [-0.15, -0.1) is 12.4 Å². The predicted molar refractivity (Wildman–Crippen MR) is 39.0 cm³/mol. The molecular weight excluding hydrogens is 205 g/mol. The molecule has 0 spiro atoms. The summed E-state index contributed by atoms with van der Waals surface area (Å²) in [6.07, 6.45) is 3.29. The largest absolute Gasteiger partial charge is 0.147 e. The molecule has 0 fully saturated rings. The molecule has 4 heteroatoms. The van der Waals surface area contributed by atoms with Gasteiger partial charge < -0.3 is 0 Å². The van der Waals surface area contributed by atoms with Gasteiger partial charge in [-0.3, -0.25) is 0 Å². The molecule has 0 bridgehead atoms. The number of unbranched alkanes of at least 4 members (excludes halogenated alkanes) is 1. The Morgan fingerprint density at radius 1 is 1.60 bits per heavy atom. The third-order valence-electron chi connectivity index (χ3n) is 1.02. The molecule has 0 unspecified atom stereocenters. The number of hydrogen-bond donors (Lipinski definition) is 0. The number of halogens is 1. The monoisotopic (exact) mass is 216 g/mol. The SMILES string of the molecule is CCCC[O][Zn][CH2]C=O.Cl. The van der Waals surface area contributed by atoms with Crippen molar-refractivity contribution in [2.24, 2.45) is 0 Å². The van der Waals surface area contributed by atoms with Crippen LogP contribution in [0.5, 0.6) is 0 Å². The van der Waals surface area contributed by atoms with Crippen LogP contribution in [0, 0.1) is 0 Å². The normalized spacial score (nSPS) is 7.70. The summed E-state index contributed by atoms with van der Waals surface area (Å²) < 4.78 is 5.27. The molecule has 0 aliphatic carbocycles. The van der Waals surface area contributed by atoms with E-state index in [2.05, 4.69) is 6.92 Å². The van der Waals surface area contributed by atoms with E-state index >= 15 is 0 Å². The molecule has 0 N–H and O–H groups in total. The van der Waals surface area contributed by atoms with Gasteiger partial charge >= 0.3 is 63.5 Å². The average molecular weight is 218 g/mol. The van der Waals surface area contributed by atoms with Gasteiger partial charge in [-0.2, -0.15) is 0 Å². The topological polar surface area (TPSA) is 26.3 Å². The van der Waals surface area contributed by atoms with Crippen LogP contribution in [0.4, 0.5) is 0 Å². The van der Waals surface area contributed by atoms with Gasteiger partial charge in [0, 0.05) is 0 Å². The summed E-state index contributed by atoms with van der Waals surface area (Å²) in [5.41, 5.74) is 0. The van der Waals surface area contributed by atoms with Crippen LogP contribution in [0.15, 0.2) is 0 Å². The molecule has 0 aliphatic rings. The first-order chi connectivity index (χ1) is 4.41. The Bertz CT molecular complexity index is 70.8. The number of carbonyl (C=O) groups excluding carboxylic acids is 1. The molecule has 0 heterocycles. The Labute approximate surface area is 76.1 Å². The van der Waals surface area contributed by atoms with Crippen molar-refractivity contribution in [1.82, 2.24) is 0 Å².